The van der Waals surface area contributed by atoms with Crippen LogP contribution in [0.1, 0.15) is 25.7 Å². The maximum atomic E-state index is 12.3. The fraction of sp³-hybridized carbons (Fsp3) is 0.500. The van der Waals surface area contributed by atoms with Crippen molar-refractivity contribution in [3.8, 4) is 11.5 Å². The molecule has 1 aliphatic carbocycles. The van der Waals surface area contributed by atoms with Crippen LogP contribution >= 0.6 is 0 Å². The number of carbonyl (C=O) groups excluding carboxylic acids is 1. The lowest BCUT2D eigenvalue weighted by molar-refractivity contribution is -0.127. The molecule has 134 valence electrons. The Hall–Kier alpha value is -2.41. The van der Waals surface area contributed by atoms with E-state index in [1.54, 1.807) is 31.6 Å². The average Bonchev–Trinajstić information content (AvgIpc) is 3.18. The quantitative estimate of drug-likeness (QED) is 0.863. The molecule has 0 radical (unpaired) electrons. The molecule has 1 aliphatic rings. The first kappa shape index (κ1) is 17.4. The second kappa shape index (κ2) is 8.11. The lowest BCUT2D eigenvalue weighted by Crippen LogP contribution is -2.38. The van der Waals surface area contributed by atoms with Crippen molar-refractivity contribution in [3.05, 3.63) is 40.9 Å². The molecule has 0 aromatic carbocycles. The number of furan rings is 1. The molecule has 2 aromatic rings. The van der Waals surface area contributed by atoms with E-state index in [-0.39, 0.29) is 23.5 Å². The van der Waals surface area contributed by atoms with Gasteiger partial charge in [0.2, 0.25) is 5.91 Å². The molecule has 3 rings (SSSR count). The highest BCUT2D eigenvalue weighted by Gasteiger charge is 2.26. The molecular formula is C18H23N3O4. The molecule has 1 fully saturated rings. The summed E-state index contributed by atoms with van der Waals surface area (Å²) in [5, 5.41) is 7.20. The monoisotopic (exact) mass is 345 g/mol. The van der Waals surface area contributed by atoms with Crippen molar-refractivity contribution < 1.29 is 13.9 Å². The maximum absolute atomic E-state index is 12.3. The van der Waals surface area contributed by atoms with Gasteiger partial charge in [0.05, 0.1) is 18.9 Å². The predicted molar refractivity (Wildman–Crippen MR) is 92.0 cm³/mol. The SMILES string of the molecule is CO[C@@H]1CCC[C@@H](C(=O)NCCn2nc(-c3ccco3)ccc2=O)C1. The van der Waals surface area contributed by atoms with Crippen molar-refractivity contribution >= 4 is 5.91 Å². The minimum Gasteiger partial charge on any atom is -0.463 e. The van der Waals surface area contributed by atoms with Crippen LogP contribution in [0.15, 0.2) is 39.7 Å². The number of nitrogens with zero attached hydrogens (tertiary/aromatic N) is 2. The van der Waals surface area contributed by atoms with E-state index >= 15 is 0 Å². The summed E-state index contributed by atoms with van der Waals surface area (Å²) in [7, 11) is 1.69. The largest absolute Gasteiger partial charge is 0.463 e. The molecular weight excluding hydrogens is 322 g/mol. The highest BCUT2D eigenvalue weighted by atomic mass is 16.5. The first-order valence-corrected chi connectivity index (χ1v) is 8.60. The zero-order valence-corrected chi connectivity index (χ0v) is 14.3. The van der Waals surface area contributed by atoms with E-state index in [1.165, 1.54) is 10.7 Å². The Labute approximate surface area is 146 Å². The van der Waals surface area contributed by atoms with Crippen LogP contribution in [0.3, 0.4) is 0 Å². The van der Waals surface area contributed by atoms with Crippen LogP contribution < -0.4 is 10.9 Å². The van der Waals surface area contributed by atoms with Gasteiger partial charge in [-0.2, -0.15) is 5.10 Å². The summed E-state index contributed by atoms with van der Waals surface area (Å²) < 4.78 is 12.0. The summed E-state index contributed by atoms with van der Waals surface area (Å²) in [6, 6.07) is 6.64. The van der Waals surface area contributed by atoms with Crippen molar-refractivity contribution in [3.63, 3.8) is 0 Å². The highest BCUT2D eigenvalue weighted by molar-refractivity contribution is 5.78. The summed E-state index contributed by atoms with van der Waals surface area (Å²) in [5.74, 6) is 0.612. The van der Waals surface area contributed by atoms with Crippen molar-refractivity contribution in [1.82, 2.24) is 15.1 Å². The van der Waals surface area contributed by atoms with Crippen molar-refractivity contribution in [1.29, 1.82) is 0 Å². The molecule has 2 atom stereocenters. The standard InChI is InChI=1S/C18H23N3O4/c1-24-14-5-2-4-13(12-14)18(23)19-9-10-21-17(22)8-7-15(20-21)16-6-3-11-25-16/h3,6-8,11,13-14H,2,4-5,9-10,12H2,1H3,(H,19,23)/t13-,14-/m1/s1. The number of hydrogen-bond acceptors (Lipinski definition) is 5. The molecule has 7 heteroatoms. The fourth-order valence-electron chi connectivity index (χ4n) is 3.19. The van der Waals surface area contributed by atoms with E-state index in [0.29, 0.717) is 24.5 Å². The molecule has 2 heterocycles. The molecule has 0 aliphatic heterocycles. The molecule has 25 heavy (non-hydrogen) atoms. The lowest BCUT2D eigenvalue weighted by atomic mass is 9.86. The summed E-state index contributed by atoms with van der Waals surface area (Å²) in [6.07, 6.45) is 5.39. The van der Waals surface area contributed by atoms with E-state index in [4.69, 9.17) is 9.15 Å². The van der Waals surface area contributed by atoms with Crippen LogP contribution in [-0.4, -0.2) is 35.4 Å². The van der Waals surface area contributed by atoms with Gasteiger partial charge in [0.15, 0.2) is 5.76 Å². The van der Waals surface area contributed by atoms with E-state index in [9.17, 15) is 9.59 Å². The van der Waals surface area contributed by atoms with Crippen molar-refractivity contribution in [2.75, 3.05) is 13.7 Å². The van der Waals surface area contributed by atoms with E-state index in [1.807, 2.05) is 0 Å². The average molecular weight is 345 g/mol. The Bertz CT molecular complexity index is 754. The van der Waals surface area contributed by atoms with E-state index in [2.05, 4.69) is 10.4 Å². The van der Waals surface area contributed by atoms with Crippen LogP contribution in [0.5, 0.6) is 0 Å². The Morgan fingerprint density at radius 3 is 3.04 bits per heavy atom. The van der Waals surface area contributed by atoms with Crippen LogP contribution in [0.25, 0.3) is 11.5 Å². The number of hydrogen-bond donors (Lipinski definition) is 1. The normalized spacial score (nSPS) is 20.4. The zero-order chi connectivity index (χ0) is 17.6. The topological polar surface area (TPSA) is 86.4 Å². The van der Waals surface area contributed by atoms with Crippen molar-refractivity contribution in [2.24, 2.45) is 5.92 Å². The number of rotatable bonds is 6. The molecule has 0 spiro atoms. The first-order chi connectivity index (χ1) is 12.2. The molecule has 1 amide bonds. The smallest absolute Gasteiger partial charge is 0.266 e. The van der Waals surface area contributed by atoms with Gasteiger partial charge in [0.25, 0.3) is 5.56 Å². The van der Waals surface area contributed by atoms with Crippen LogP contribution in [0.2, 0.25) is 0 Å². The minimum absolute atomic E-state index is 0.0159. The second-order valence-electron chi connectivity index (χ2n) is 6.27. The van der Waals surface area contributed by atoms with Gasteiger partial charge in [-0.1, -0.05) is 6.42 Å². The third-order valence-corrected chi connectivity index (χ3v) is 4.59. The third kappa shape index (κ3) is 4.36. The summed E-state index contributed by atoms with van der Waals surface area (Å²) >= 11 is 0. The molecule has 2 aromatic heterocycles. The van der Waals surface area contributed by atoms with Gasteiger partial charge >= 0.3 is 0 Å². The van der Waals surface area contributed by atoms with E-state index < -0.39 is 0 Å². The van der Waals surface area contributed by atoms with Gasteiger partial charge in [-0.3, -0.25) is 9.59 Å². The Kier molecular flexibility index (Phi) is 5.65. The predicted octanol–water partition coefficient (Wildman–Crippen LogP) is 1.82. The summed E-state index contributed by atoms with van der Waals surface area (Å²) in [4.78, 5) is 24.2. The van der Waals surface area contributed by atoms with Crippen LogP contribution in [0, 0.1) is 5.92 Å². The molecule has 7 nitrogen and oxygen atoms in total. The Balaban J connectivity index is 1.56. The van der Waals surface area contributed by atoms with Gasteiger partial charge in [0, 0.05) is 25.6 Å². The molecule has 1 saturated carbocycles. The van der Waals surface area contributed by atoms with Gasteiger partial charge in [-0.05, 0) is 37.5 Å². The number of aromatic nitrogens is 2. The summed E-state index contributed by atoms with van der Waals surface area (Å²) in [5.41, 5.74) is 0.382. The third-order valence-electron chi connectivity index (χ3n) is 4.59. The van der Waals surface area contributed by atoms with Gasteiger partial charge in [-0.15, -0.1) is 0 Å². The number of ether oxygens (including phenoxy) is 1. The molecule has 0 saturated heterocycles. The van der Waals surface area contributed by atoms with Crippen LogP contribution in [-0.2, 0) is 16.1 Å². The minimum atomic E-state index is -0.207. The molecule has 0 unspecified atom stereocenters. The van der Waals surface area contributed by atoms with Gasteiger partial charge < -0.3 is 14.5 Å². The number of carbonyl (C=O) groups is 1. The summed E-state index contributed by atoms with van der Waals surface area (Å²) in [6.45, 7) is 0.682. The van der Waals surface area contributed by atoms with E-state index in [0.717, 1.165) is 25.7 Å². The Morgan fingerprint density at radius 1 is 1.40 bits per heavy atom. The number of methoxy groups -OCH3 is 1. The van der Waals surface area contributed by atoms with Gasteiger partial charge in [0.1, 0.15) is 5.69 Å². The fourth-order valence-corrected chi connectivity index (χ4v) is 3.19. The Morgan fingerprint density at radius 2 is 2.28 bits per heavy atom. The van der Waals surface area contributed by atoms with Crippen LogP contribution in [0.4, 0.5) is 0 Å². The van der Waals surface area contributed by atoms with Crippen molar-refractivity contribution in [2.45, 2.75) is 38.3 Å². The van der Waals surface area contributed by atoms with Gasteiger partial charge in [-0.25, -0.2) is 4.68 Å². The molecule has 0 bridgehead atoms. The molecule has 1 N–H and O–H groups in total. The lowest BCUT2D eigenvalue weighted by Gasteiger charge is -2.27. The highest BCUT2D eigenvalue weighted by Crippen LogP contribution is 2.26. The zero-order valence-electron chi connectivity index (χ0n) is 14.3. The second-order valence-corrected chi connectivity index (χ2v) is 6.27. The number of nitrogens with one attached hydrogen (secondary N) is 1. The number of amides is 1. The first-order valence-electron chi connectivity index (χ1n) is 8.60. The maximum Gasteiger partial charge on any atom is 0.266 e.